The van der Waals surface area contributed by atoms with Crippen molar-refractivity contribution in [2.45, 2.75) is 95.9 Å². The zero-order chi connectivity index (χ0) is 20.2. The molecule has 0 bridgehead atoms. The van der Waals surface area contributed by atoms with Crippen LogP contribution in [0.25, 0.3) is 0 Å². The highest BCUT2D eigenvalue weighted by Gasteiger charge is 2.65. The molecule has 0 aliphatic heterocycles. The molecule has 4 saturated carbocycles. The molecule has 0 aromatic heterocycles. The van der Waals surface area contributed by atoms with Crippen LogP contribution in [0.5, 0.6) is 0 Å². The lowest BCUT2D eigenvalue weighted by molar-refractivity contribution is -0.262. The van der Waals surface area contributed by atoms with Crippen molar-refractivity contribution in [1.29, 1.82) is 5.26 Å². The van der Waals surface area contributed by atoms with E-state index in [1.165, 1.54) is 25.7 Å². The maximum absolute atomic E-state index is 11.5. The minimum Gasteiger partial charge on any atom is -0.389 e. The first kappa shape index (κ1) is 20.6. The number of aliphatic hydroxyl groups is 1. The second kappa shape index (κ2) is 6.96. The van der Waals surface area contributed by atoms with Crippen LogP contribution in [0, 0.1) is 45.8 Å². The van der Waals surface area contributed by atoms with Gasteiger partial charge in [0.25, 0.3) is 0 Å². The highest BCUT2D eigenvalue weighted by Crippen LogP contribution is 2.69. The van der Waals surface area contributed by atoms with Gasteiger partial charge in [-0.25, -0.2) is 0 Å². The molecule has 0 aromatic rings. The van der Waals surface area contributed by atoms with Crippen molar-refractivity contribution in [2.75, 3.05) is 14.2 Å². The van der Waals surface area contributed by atoms with Gasteiger partial charge in [-0.2, -0.15) is 5.26 Å². The molecule has 4 heteroatoms. The first-order valence-corrected chi connectivity index (χ1v) is 11.5. The average molecular weight is 390 g/mol. The third-order valence-electron chi connectivity index (χ3n) is 10.4. The molecular weight excluding hydrogens is 350 g/mol. The number of hydrogen-bond donors (Lipinski definition) is 1. The molecule has 0 spiro atoms. The van der Waals surface area contributed by atoms with Crippen molar-refractivity contribution in [2.24, 2.45) is 34.5 Å². The maximum atomic E-state index is 11.5. The summed E-state index contributed by atoms with van der Waals surface area (Å²) in [5.74, 6) is 2.39. The second-order valence-corrected chi connectivity index (χ2v) is 10.9. The van der Waals surface area contributed by atoms with E-state index >= 15 is 0 Å². The number of nitriles is 1. The lowest BCUT2D eigenvalue weighted by Gasteiger charge is -2.62. The molecule has 0 radical (unpaired) electrons. The Morgan fingerprint density at radius 2 is 1.68 bits per heavy atom. The molecular formula is C24H39NO3. The minimum absolute atomic E-state index is 0.00824. The van der Waals surface area contributed by atoms with Crippen LogP contribution in [0.3, 0.4) is 0 Å². The minimum atomic E-state index is -0.635. The van der Waals surface area contributed by atoms with E-state index < -0.39 is 5.60 Å². The quantitative estimate of drug-likeness (QED) is 0.683. The molecule has 158 valence electrons. The van der Waals surface area contributed by atoms with Crippen LogP contribution in [0.15, 0.2) is 0 Å². The molecule has 28 heavy (non-hydrogen) atoms. The van der Waals surface area contributed by atoms with Crippen molar-refractivity contribution in [3.05, 3.63) is 0 Å². The normalized spacial score (nSPS) is 49.6. The molecule has 7 atom stereocenters. The number of fused-ring (bicyclic) bond motifs is 5. The predicted molar refractivity (Wildman–Crippen MR) is 108 cm³/mol. The molecule has 4 nitrogen and oxygen atoms in total. The van der Waals surface area contributed by atoms with Crippen LogP contribution in [-0.2, 0) is 9.47 Å². The van der Waals surface area contributed by atoms with Crippen LogP contribution >= 0.6 is 0 Å². The predicted octanol–water partition coefficient (Wildman–Crippen LogP) is 5.05. The van der Waals surface area contributed by atoms with Crippen molar-refractivity contribution < 1.29 is 14.6 Å². The summed E-state index contributed by atoms with van der Waals surface area (Å²) in [6.07, 6.45) is 11.2. The Balaban J connectivity index is 1.57. The second-order valence-electron chi connectivity index (χ2n) is 10.9. The van der Waals surface area contributed by atoms with Crippen LogP contribution in [0.2, 0.25) is 0 Å². The summed E-state index contributed by atoms with van der Waals surface area (Å²) in [6, 6.07) is 2.27. The third-order valence-corrected chi connectivity index (χ3v) is 10.4. The van der Waals surface area contributed by atoms with E-state index in [2.05, 4.69) is 19.9 Å². The molecule has 0 unspecified atom stereocenters. The monoisotopic (exact) mass is 389 g/mol. The lowest BCUT2D eigenvalue weighted by atomic mass is 9.44. The molecule has 0 aromatic carbocycles. The van der Waals surface area contributed by atoms with Gasteiger partial charge in [0.15, 0.2) is 5.79 Å². The molecule has 0 heterocycles. The van der Waals surface area contributed by atoms with Crippen molar-refractivity contribution in [3.8, 4) is 6.07 Å². The van der Waals surface area contributed by atoms with E-state index in [1.807, 2.05) is 0 Å². The van der Waals surface area contributed by atoms with E-state index in [4.69, 9.17) is 14.7 Å². The van der Waals surface area contributed by atoms with Crippen molar-refractivity contribution >= 4 is 0 Å². The van der Waals surface area contributed by atoms with Crippen LogP contribution in [0.4, 0.5) is 0 Å². The van der Waals surface area contributed by atoms with Crippen LogP contribution in [0.1, 0.15) is 84.5 Å². The van der Waals surface area contributed by atoms with Gasteiger partial charge < -0.3 is 14.6 Å². The summed E-state index contributed by atoms with van der Waals surface area (Å²) >= 11 is 0. The summed E-state index contributed by atoms with van der Waals surface area (Å²) in [4.78, 5) is 0. The van der Waals surface area contributed by atoms with Crippen molar-refractivity contribution in [1.82, 2.24) is 0 Å². The summed E-state index contributed by atoms with van der Waals surface area (Å²) < 4.78 is 11.7. The van der Waals surface area contributed by atoms with Gasteiger partial charge in [-0.1, -0.05) is 13.8 Å². The molecule has 4 rings (SSSR count). The number of hydrogen-bond acceptors (Lipinski definition) is 4. The van der Waals surface area contributed by atoms with Gasteiger partial charge in [-0.15, -0.1) is 0 Å². The molecule has 0 amide bonds. The molecule has 0 saturated heterocycles. The van der Waals surface area contributed by atoms with E-state index in [9.17, 15) is 5.11 Å². The zero-order valence-electron chi connectivity index (χ0n) is 18.3. The fourth-order valence-corrected chi connectivity index (χ4v) is 8.43. The Bertz CT molecular complexity index is 640. The zero-order valence-corrected chi connectivity index (χ0v) is 18.3. The topological polar surface area (TPSA) is 62.5 Å². The molecule has 4 aliphatic rings. The standard InChI is InChI=1S/C24H39NO3/c1-21-13-14-24(27-3,28-4)16-17(21)6-7-18-19(21)8-11-22(2)20(18)9-12-23(22,26)10-5-15-25/h17-20,26H,5-14,16H2,1-4H3/t17-,18+,19-,20-,21-,22-,23-/m0/s1. The average Bonchev–Trinajstić information content (AvgIpc) is 2.97. The first-order valence-electron chi connectivity index (χ1n) is 11.5. The van der Waals surface area contributed by atoms with Gasteiger partial charge in [0.05, 0.1) is 11.7 Å². The molecule has 4 fully saturated rings. The Morgan fingerprint density at radius 1 is 0.964 bits per heavy atom. The van der Waals surface area contributed by atoms with E-state index in [1.54, 1.807) is 14.2 Å². The van der Waals surface area contributed by atoms with Crippen LogP contribution in [-0.4, -0.2) is 30.7 Å². The lowest BCUT2D eigenvalue weighted by Crippen LogP contribution is -2.58. The Labute approximate surface area is 171 Å². The van der Waals surface area contributed by atoms with Gasteiger partial charge in [-0.3, -0.25) is 0 Å². The number of ether oxygens (including phenoxy) is 2. The summed E-state index contributed by atoms with van der Waals surface area (Å²) in [6.45, 7) is 4.89. The van der Waals surface area contributed by atoms with Gasteiger partial charge in [0, 0.05) is 33.5 Å². The van der Waals surface area contributed by atoms with Gasteiger partial charge in [0.2, 0.25) is 0 Å². The smallest absolute Gasteiger partial charge is 0.167 e. The maximum Gasteiger partial charge on any atom is 0.167 e. The van der Waals surface area contributed by atoms with E-state index in [-0.39, 0.29) is 11.2 Å². The van der Waals surface area contributed by atoms with E-state index in [0.29, 0.717) is 30.1 Å². The number of methoxy groups -OCH3 is 2. The first-order chi connectivity index (χ1) is 13.3. The van der Waals surface area contributed by atoms with Gasteiger partial charge in [0.1, 0.15) is 0 Å². The molecule has 4 aliphatic carbocycles. The van der Waals surface area contributed by atoms with E-state index in [0.717, 1.165) is 43.9 Å². The fraction of sp³-hybridized carbons (Fsp3) is 0.958. The third kappa shape index (κ3) is 2.72. The number of nitrogens with zero attached hydrogens (tertiary/aromatic N) is 1. The van der Waals surface area contributed by atoms with Crippen LogP contribution < -0.4 is 0 Å². The Kier molecular flexibility index (Phi) is 5.13. The SMILES string of the molecule is COC1(OC)CC[C@@]2(C)[C@@H](CC[C@@H]3[C@@H]2CC[C@@]2(C)[C@H]3CC[C@@]2(O)CCC#N)C1. The Hall–Kier alpha value is -0.630. The fourth-order valence-electron chi connectivity index (χ4n) is 8.43. The molecule has 1 N–H and O–H groups in total. The number of rotatable bonds is 4. The summed E-state index contributed by atoms with van der Waals surface area (Å²) in [7, 11) is 3.59. The summed E-state index contributed by atoms with van der Waals surface area (Å²) in [5.41, 5.74) is -0.270. The summed E-state index contributed by atoms with van der Waals surface area (Å²) in [5, 5.41) is 20.6. The van der Waals surface area contributed by atoms with Gasteiger partial charge in [-0.05, 0) is 85.9 Å². The van der Waals surface area contributed by atoms with Crippen molar-refractivity contribution in [3.63, 3.8) is 0 Å². The highest BCUT2D eigenvalue weighted by molar-refractivity contribution is 5.14. The highest BCUT2D eigenvalue weighted by atomic mass is 16.7. The largest absolute Gasteiger partial charge is 0.389 e. The Morgan fingerprint density at radius 3 is 2.36 bits per heavy atom. The van der Waals surface area contributed by atoms with Gasteiger partial charge >= 0.3 is 0 Å².